The van der Waals surface area contributed by atoms with Crippen LogP contribution in [-0.4, -0.2) is 30.3 Å². The van der Waals surface area contributed by atoms with E-state index in [0.717, 1.165) is 5.56 Å². The minimum Gasteiger partial charge on any atom is -0.464 e. The summed E-state index contributed by atoms with van der Waals surface area (Å²) in [6, 6.07) is 8.82. The predicted molar refractivity (Wildman–Crippen MR) is 72.6 cm³/mol. The summed E-state index contributed by atoms with van der Waals surface area (Å²) in [4.78, 5) is 23.1. The quantitative estimate of drug-likeness (QED) is 0.601. The van der Waals surface area contributed by atoms with E-state index in [0.29, 0.717) is 13.0 Å². The Kier molecular flexibility index (Phi) is 6.28. The zero-order valence-electron chi connectivity index (χ0n) is 10.3. The fourth-order valence-electron chi connectivity index (χ4n) is 1.53. The molecule has 0 aliphatic carbocycles. The van der Waals surface area contributed by atoms with Crippen LogP contribution in [0.4, 0.5) is 0 Å². The minimum atomic E-state index is -0.660. The first-order valence-corrected chi connectivity index (χ1v) is 6.41. The number of amides is 1. The van der Waals surface area contributed by atoms with Crippen LogP contribution < -0.4 is 5.32 Å². The molecule has 98 valence electrons. The number of carbonyl (C=O) groups excluding carboxylic acids is 2. The Morgan fingerprint density at radius 2 is 2.00 bits per heavy atom. The van der Waals surface area contributed by atoms with E-state index in [1.54, 1.807) is 6.92 Å². The van der Waals surface area contributed by atoms with Crippen LogP contribution in [0.3, 0.4) is 0 Å². The Hall–Kier alpha value is -1.49. The van der Waals surface area contributed by atoms with Gasteiger partial charge in [-0.25, -0.2) is 4.79 Å². The van der Waals surface area contributed by atoms with Gasteiger partial charge in [-0.2, -0.15) is 12.6 Å². The molecule has 0 spiro atoms. The standard InChI is InChI=1S/C13H17NO3S/c1-2-17-13(16)11(14-12(15)9-18)8-10-6-4-3-5-7-10/h3-7,11,18H,2,8-9H2,1H3,(H,14,15). The van der Waals surface area contributed by atoms with Crippen LogP contribution >= 0.6 is 12.6 Å². The zero-order chi connectivity index (χ0) is 13.4. The molecule has 0 saturated heterocycles. The van der Waals surface area contributed by atoms with E-state index >= 15 is 0 Å². The number of carbonyl (C=O) groups is 2. The summed E-state index contributed by atoms with van der Waals surface area (Å²) in [6.45, 7) is 2.03. The third-order valence-corrected chi connectivity index (χ3v) is 2.62. The van der Waals surface area contributed by atoms with Crippen molar-refractivity contribution in [3.63, 3.8) is 0 Å². The smallest absolute Gasteiger partial charge is 0.328 e. The van der Waals surface area contributed by atoms with E-state index in [9.17, 15) is 9.59 Å². The Labute approximate surface area is 112 Å². The average Bonchev–Trinajstić information content (AvgIpc) is 2.39. The highest BCUT2D eigenvalue weighted by Crippen LogP contribution is 2.05. The van der Waals surface area contributed by atoms with Crippen LogP contribution in [0.5, 0.6) is 0 Å². The van der Waals surface area contributed by atoms with Gasteiger partial charge in [0.15, 0.2) is 0 Å². The van der Waals surface area contributed by atoms with Crippen LogP contribution in [0.25, 0.3) is 0 Å². The molecule has 0 bridgehead atoms. The summed E-state index contributed by atoms with van der Waals surface area (Å²) in [5, 5.41) is 2.61. The lowest BCUT2D eigenvalue weighted by molar-refractivity contribution is -0.147. The van der Waals surface area contributed by atoms with Gasteiger partial charge < -0.3 is 10.1 Å². The molecule has 1 aromatic carbocycles. The molecule has 1 unspecified atom stereocenters. The molecule has 1 rings (SSSR count). The lowest BCUT2D eigenvalue weighted by Crippen LogP contribution is -2.43. The van der Waals surface area contributed by atoms with Gasteiger partial charge in [0.25, 0.3) is 0 Å². The van der Waals surface area contributed by atoms with Crippen molar-refractivity contribution in [2.75, 3.05) is 12.4 Å². The normalized spacial score (nSPS) is 11.7. The molecule has 0 aromatic heterocycles. The highest BCUT2D eigenvalue weighted by atomic mass is 32.1. The molecule has 18 heavy (non-hydrogen) atoms. The van der Waals surface area contributed by atoms with Gasteiger partial charge in [0.2, 0.25) is 5.91 Å². The van der Waals surface area contributed by atoms with Crippen molar-refractivity contribution in [1.82, 2.24) is 5.32 Å². The van der Waals surface area contributed by atoms with Crippen LogP contribution in [-0.2, 0) is 20.7 Å². The molecule has 0 saturated carbocycles. The van der Waals surface area contributed by atoms with E-state index in [4.69, 9.17) is 4.74 Å². The largest absolute Gasteiger partial charge is 0.464 e. The second-order valence-corrected chi connectivity index (χ2v) is 4.04. The van der Waals surface area contributed by atoms with Gasteiger partial charge >= 0.3 is 5.97 Å². The lowest BCUT2D eigenvalue weighted by Gasteiger charge is -2.16. The summed E-state index contributed by atoms with van der Waals surface area (Å²) in [6.07, 6.45) is 0.416. The van der Waals surface area contributed by atoms with E-state index in [1.807, 2.05) is 30.3 Å². The molecular weight excluding hydrogens is 250 g/mol. The fourth-order valence-corrected chi connectivity index (χ4v) is 1.62. The monoisotopic (exact) mass is 267 g/mol. The van der Waals surface area contributed by atoms with Gasteiger partial charge in [0.05, 0.1) is 12.4 Å². The number of benzene rings is 1. The highest BCUT2D eigenvalue weighted by molar-refractivity contribution is 7.81. The van der Waals surface area contributed by atoms with Crippen LogP contribution in [0.1, 0.15) is 12.5 Å². The van der Waals surface area contributed by atoms with Crippen LogP contribution in [0, 0.1) is 0 Å². The van der Waals surface area contributed by atoms with Crippen LogP contribution in [0.2, 0.25) is 0 Å². The van der Waals surface area contributed by atoms with E-state index in [-0.39, 0.29) is 11.7 Å². The van der Waals surface area contributed by atoms with E-state index < -0.39 is 12.0 Å². The molecule has 1 N–H and O–H groups in total. The summed E-state index contributed by atoms with van der Waals surface area (Å²) in [7, 11) is 0. The average molecular weight is 267 g/mol. The molecule has 1 amide bonds. The summed E-state index contributed by atoms with van der Waals surface area (Å²) in [5.41, 5.74) is 0.968. The molecule has 5 heteroatoms. The fraction of sp³-hybridized carbons (Fsp3) is 0.385. The highest BCUT2D eigenvalue weighted by Gasteiger charge is 2.21. The van der Waals surface area contributed by atoms with Crippen molar-refractivity contribution in [2.24, 2.45) is 0 Å². The predicted octanol–water partition coefficient (Wildman–Crippen LogP) is 1.21. The number of thiol groups is 1. The molecule has 0 aliphatic heterocycles. The Balaban J connectivity index is 2.71. The van der Waals surface area contributed by atoms with E-state index in [2.05, 4.69) is 17.9 Å². The maximum Gasteiger partial charge on any atom is 0.328 e. The van der Waals surface area contributed by atoms with Crippen LogP contribution in [0.15, 0.2) is 30.3 Å². The lowest BCUT2D eigenvalue weighted by atomic mass is 10.1. The van der Waals surface area contributed by atoms with Crippen molar-refractivity contribution >= 4 is 24.5 Å². The third kappa shape index (κ3) is 4.79. The first kappa shape index (κ1) is 14.6. The summed E-state index contributed by atoms with van der Waals surface area (Å²) in [5.74, 6) is -0.658. The topological polar surface area (TPSA) is 55.4 Å². The van der Waals surface area contributed by atoms with Crippen molar-refractivity contribution in [3.05, 3.63) is 35.9 Å². The molecular formula is C13H17NO3S. The number of hydrogen-bond acceptors (Lipinski definition) is 4. The molecule has 1 aromatic rings. The number of esters is 1. The third-order valence-electron chi connectivity index (χ3n) is 2.33. The van der Waals surface area contributed by atoms with Crippen molar-refractivity contribution < 1.29 is 14.3 Å². The first-order chi connectivity index (χ1) is 8.67. The number of hydrogen-bond donors (Lipinski definition) is 2. The maximum absolute atomic E-state index is 11.7. The van der Waals surface area contributed by atoms with Crippen molar-refractivity contribution in [1.29, 1.82) is 0 Å². The Morgan fingerprint density at radius 3 is 2.56 bits per heavy atom. The minimum absolute atomic E-state index is 0.0463. The van der Waals surface area contributed by atoms with Crippen molar-refractivity contribution in [3.8, 4) is 0 Å². The van der Waals surface area contributed by atoms with Gasteiger partial charge in [-0.05, 0) is 12.5 Å². The van der Waals surface area contributed by atoms with Gasteiger partial charge in [0, 0.05) is 6.42 Å². The van der Waals surface area contributed by atoms with Crippen molar-refractivity contribution in [2.45, 2.75) is 19.4 Å². The SMILES string of the molecule is CCOC(=O)C(Cc1ccccc1)NC(=O)CS. The molecule has 4 nitrogen and oxygen atoms in total. The molecule has 1 atom stereocenters. The van der Waals surface area contributed by atoms with Gasteiger partial charge in [-0.1, -0.05) is 30.3 Å². The summed E-state index contributed by atoms with van der Waals surface area (Å²) >= 11 is 3.87. The number of ether oxygens (including phenoxy) is 1. The second kappa shape index (κ2) is 7.76. The second-order valence-electron chi connectivity index (χ2n) is 3.72. The Bertz CT molecular complexity index is 394. The number of nitrogens with one attached hydrogen (secondary N) is 1. The van der Waals surface area contributed by atoms with Gasteiger partial charge in [-0.3, -0.25) is 4.79 Å². The zero-order valence-corrected chi connectivity index (χ0v) is 11.2. The molecule has 0 aliphatic rings. The summed E-state index contributed by atoms with van der Waals surface area (Å²) < 4.78 is 4.94. The van der Waals surface area contributed by atoms with Gasteiger partial charge in [-0.15, -0.1) is 0 Å². The Morgan fingerprint density at radius 1 is 1.33 bits per heavy atom. The molecule has 0 heterocycles. The first-order valence-electron chi connectivity index (χ1n) is 5.78. The van der Waals surface area contributed by atoms with E-state index in [1.165, 1.54) is 0 Å². The molecule has 0 fully saturated rings. The number of rotatable bonds is 6. The van der Waals surface area contributed by atoms with Gasteiger partial charge in [0.1, 0.15) is 6.04 Å². The molecule has 0 radical (unpaired) electrons. The maximum atomic E-state index is 11.7.